The molecule has 4 N–H and O–H groups in total. The van der Waals surface area contributed by atoms with Crippen molar-refractivity contribution in [2.75, 3.05) is 0 Å². The van der Waals surface area contributed by atoms with Gasteiger partial charge in [0.25, 0.3) is 0 Å². The third-order valence-corrected chi connectivity index (χ3v) is 1.93. The van der Waals surface area contributed by atoms with Crippen LogP contribution >= 0.6 is 11.6 Å². The predicted molar refractivity (Wildman–Crippen MR) is 51.4 cm³/mol. The van der Waals surface area contributed by atoms with Crippen LogP contribution in [0.4, 0.5) is 0 Å². The normalized spacial score (nSPS) is 16.4. The van der Waals surface area contributed by atoms with Gasteiger partial charge in [0.2, 0.25) is 0 Å². The van der Waals surface area contributed by atoms with Crippen molar-refractivity contribution in [2.24, 2.45) is 5.73 Å². The molecule has 0 amide bonds. The standard InChI is InChI=1S/C5H9NO4.C3H5Cl/c6-3(5(9)10)1-2-4(7)8;4-3-1-2-3/h3H,1-2,6H2,(H,7,8)(H,9,10);3H,1-2H2/t3-;/m0./s1. The van der Waals surface area contributed by atoms with Crippen molar-refractivity contribution in [1.82, 2.24) is 0 Å². The summed E-state index contributed by atoms with van der Waals surface area (Å²) in [5.74, 6) is -2.20. The largest absolute Gasteiger partial charge is 0.481 e. The average molecular weight is 224 g/mol. The van der Waals surface area contributed by atoms with Crippen LogP contribution in [0.1, 0.15) is 25.7 Å². The van der Waals surface area contributed by atoms with Gasteiger partial charge >= 0.3 is 11.9 Å². The summed E-state index contributed by atoms with van der Waals surface area (Å²) < 4.78 is 0. The van der Waals surface area contributed by atoms with E-state index >= 15 is 0 Å². The zero-order valence-corrected chi connectivity index (χ0v) is 8.41. The second kappa shape index (κ2) is 6.62. The molecule has 1 rings (SSSR count). The number of carboxylic acid groups (broad SMARTS) is 2. The molecule has 82 valence electrons. The van der Waals surface area contributed by atoms with Crippen molar-refractivity contribution in [1.29, 1.82) is 0 Å². The Bertz CT molecular complexity index is 206. The first-order valence-corrected chi connectivity index (χ1v) is 4.71. The quantitative estimate of drug-likeness (QED) is 0.608. The number of halogens is 1. The van der Waals surface area contributed by atoms with Crippen molar-refractivity contribution in [3.8, 4) is 0 Å². The number of nitrogens with two attached hydrogens (primary N) is 1. The van der Waals surface area contributed by atoms with E-state index in [2.05, 4.69) is 0 Å². The highest BCUT2D eigenvalue weighted by molar-refractivity contribution is 6.22. The molecule has 0 aromatic rings. The minimum Gasteiger partial charge on any atom is -0.481 e. The zero-order valence-electron chi connectivity index (χ0n) is 7.65. The number of hydrogen-bond acceptors (Lipinski definition) is 3. The number of hydrogen-bond donors (Lipinski definition) is 3. The molecule has 5 nitrogen and oxygen atoms in total. The minimum absolute atomic E-state index is 0.0231. The van der Waals surface area contributed by atoms with Gasteiger partial charge in [-0.05, 0) is 19.3 Å². The maximum Gasteiger partial charge on any atom is 0.320 e. The molecule has 1 fully saturated rings. The SMILES string of the molecule is ClC1CC1.N[C@@H](CCC(=O)O)C(=O)O. The molecule has 0 saturated heterocycles. The van der Waals surface area contributed by atoms with Crippen molar-refractivity contribution < 1.29 is 19.8 Å². The van der Waals surface area contributed by atoms with Crippen molar-refractivity contribution in [2.45, 2.75) is 37.1 Å². The molecule has 0 aliphatic heterocycles. The Balaban J connectivity index is 0.000000344. The molecule has 6 heteroatoms. The minimum atomic E-state index is -1.17. The zero-order chi connectivity index (χ0) is 11.1. The Kier molecular flexibility index (Phi) is 6.23. The van der Waals surface area contributed by atoms with Crippen LogP contribution in [0.5, 0.6) is 0 Å². The summed E-state index contributed by atoms with van der Waals surface area (Å²) in [6, 6.07) is -1.06. The third-order valence-electron chi connectivity index (χ3n) is 1.49. The van der Waals surface area contributed by atoms with Gasteiger partial charge in [0, 0.05) is 11.8 Å². The van der Waals surface area contributed by atoms with E-state index in [0.717, 1.165) is 0 Å². The Morgan fingerprint density at radius 1 is 1.43 bits per heavy atom. The average Bonchev–Trinajstić information content (AvgIpc) is 2.84. The van der Waals surface area contributed by atoms with E-state index in [1.54, 1.807) is 0 Å². The number of alkyl halides is 1. The van der Waals surface area contributed by atoms with Gasteiger partial charge in [-0.3, -0.25) is 9.59 Å². The highest BCUT2D eigenvalue weighted by atomic mass is 35.5. The topological polar surface area (TPSA) is 101 Å². The summed E-state index contributed by atoms with van der Waals surface area (Å²) in [5.41, 5.74) is 5.00. The van der Waals surface area contributed by atoms with Gasteiger partial charge in [-0.15, -0.1) is 11.6 Å². The Labute approximate surface area is 86.8 Å². The Hall–Kier alpha value is -0.810. The molecule has 1 aliphatic rings. The van der Waals surface area contributed by atoms with Gasteiger partial charge in [-0.1, -0.05) is 0 Å². The fourth-order valence-corrected chi connectivity index (χ4v) is 0.591. The van der Waals surface area contributed by atoms with Crippen LogP contribution in [-0.4, -0.2) is 33.6 Å². The van der Waals surface area contributed by atoms with Crippen LogP contribution in [0.2, 0.25) is 0 Å². The van der Waals surface area contributed by atoms with E-state index in [0.29, 0.717) is 5.38 Å². The first-order chi connectivity index (χ1) is 6.43. The van der Waals surface area contributed by atoms with Gasteiger partial charge in [0.05, 0.1) is 0 Å². The maximum atomic E-state index is 9.99. The molecule has 1 saturated carbocycles. The Morgan fingerprint density at radius 3 is 2.07 bits per heavy atom. The molecule has 0 unspecified atom stereocenters. The van der Waals surface area contributed by atoms with Crippen molar-refractivity contribution >= 4 is 23.5 Å². The monoisotopic (exact) mass is 223 g/mol. The molecular weight excluding hydrogens is 210 g/mol. The molecule has 0 radical (unpaired) electrons. The number of carboxylic acids is 2. The van der Waals surface area contributed by atoms with Crippen LogP contribution in [0.25, 0.3) is 0 Å². The lowest BCUT2D eigenvalue weighted by atomic mass is 10.2. The van der Waals surface area contributed by atoms with Crippen LogP contribution in [0, 0.1) is 0 Å². The highest BCUT2D eigenvalue weighted by Gasteiger charge is 2.16. The summed E-state index contributed by atoms with van der Waals surface area (Å²) in [5, 5.41) is 16.8. The molecule has 1 aliphatic carbocycles. The van der Waals surface area contributed by atoms with Gasteiger partial charge in [0.1, 0.15) is 6.04 Å². The summed E-state index contributed by atoms with van der Waals surface area (Å²) in [4.78, 5) is 19.9. The van der Waals surface area contributed by atoms with E-state index in [1.807, 2.05) is 0 Å². The van der Waals surface area contributed by atoms with Crippen LogP contribution < -0.4 is 5.73 Å². The Morgan fingerprint density at radius 2 is 1.86 bits per heavy atom. The van der Waals surface area contributed by atoms with E-state index in [-0.39, 0.29) is 12.8 Å². The fraction of sp³-hybridized carbons (Fsp3) is 0.750. The van der Waals surface area contributed by atoms with Crippen molar-refractivity contribution in [3.63, 3.8) is 0 Å². The summed E-state index contributed by atoms with van der Waals surface area (Å²) >= 11 is 5.39. The van der Waals surface area contributed by atoms with Crippen LogP contribution in [0.3, 0.4) is 0 Å². The number of carbonyl (C=O) groups is 2. The number of rotatable bonds is 4. The first-order valence-electron chi connectivity index (χ1n) is 4.27. The van der Waals surface area contributed by atoms with E-state index < -0.39 is 18.0 Å². The molecule has 0 aromatic carbocycles. The van der Waals surface area contributed by atoms with Gasteiger partial charge in [0.15, 0.2) is 0 Å². The van der Waals surface area contributed by atoms with E-state index in [9.17, 15) is 9.59 Å². The molecule has 0 heterocycles. The van der Waals surface area contributed by atoms with Crippen molar-refractivity contribution in [3.05, 3.63) is 0 Å². The summed E-state index contributed by atoms with van der Waals surface area (Å²) in [6.45, 7) is 0. The van der Waals surface area contributed by atoms with Gasteiger partial charge in [-0.25, -0.2) is 0 Å². The fourth-order valence-electron chi connectivity index (χ4n) is 0.465. The third kappa shape index (κ3) is 9.28. The maximum absolute atomic E-state index is 9.99. The van der Waals surface area contributed by atoms with Gasteiger partial charge < -0.3 is 15.9 Å². The lowest BCUT2D eigenvalue weighted by Gasteiger charge is -2.01. The first kappa shape index (κ1) is 13.2. The summed E-state index contributed by atoms with van der Waals surface area (Å²) in [7, 11) is 0. The lowest BCUT2D eigenvalue weighted by Crippen LogP contribution is -2.30. The molecular formula is C8H14ClNO4. The smallest absolute Gasteiger partial charge is 0.320 e. The summed E-state index contributed by atoms with van der Waals surface area (Å²) in [6.07, 6.45) is 2.28. The number of aliphatic carboxylic acids is 2. The highest BCUT2D eigenvalue weighted by Crippen LogP contribution is 2.25. The second-order valence-electron chi connectivity index (χ2n) is 3.05. The van der Waals surface area contributed by atoms with Crippen LogP contribution in [-0.2, 0) is 9.59 Å². The van der Waals surface area contributed by atoms with E-state index in [4.69, 9.17) is 27.5 Å². The molecule has 14 heavy (non-hydrogen) atoms. The molecule has 0 spiro atoms. The van der Waals surface area contributed by atoms with Crippen LogP contribution in [0.15, 0.2) is 0 Å². The molecule has 1 atom stereocenters. The molecule has 0 bridgehead atoms. The second-order valence-corrected chi connectivity index (χ2v) is 3.67. The lowest BCUT2D eigenvalue weighted by molar-refractivity contribution is -0.139. The predicted octanol–water partition coefficient (Wildman–Crippen LogP) is 0.651. The molecule has 0 aromatic heterocycles. The van der Waals surface area contributed by atoms with E-state index in [1.165, 1.54) is 12.8 Å². The van der Waals surface area contributed by atoms with Gasteiger partial charge in [-0.2, -0.15) is 0 Å².